The van der Waals surface area contributed by atoms with Crippen molar-refractivity contribution >= 4 is 44.8 Å². The predicted molar refractivity (Wildman–Crippen MR) is 118 cm³/mol. The number of benzene rings is 2. The number of anilines is 1. The van der Waals surface area contributed by atoms with Crippen LogP contribution in [0.3, 0.4) is 0 Å². The third kappa shape index (κ3) is 4.88. The number of urea groups is 1. The van der Waals surface area contributed by atoms with Crippen molar-refractivity contribution in [1.82, 2.24) is 5.01 Å². The Hall–Kier alpha value is -2.91. The molecule has 2 amide bonds. The normalized spacial score (nSPS) is 18.5. The summed E-state index contributed by atoms with van der Waals surface area (Å²) in [5.41, 5.74) is 0.268. The molecule has 1 aliphatic heterocycles. The first-order valence-electron chi connectivity index (χ1n) is 9.45. The molecule has 8 nitrogen and oxygen atoms in total. The Kier molecular flexibility index (Phi) is 6.38. The van der Waals surface area contributed by atoms with E-state index in [9.17, 15) is 18.0 Å². The van der Waals surface area contributed by atoms with Gasteiger partial charge in [-0.1, -0.05) is 23.7 Å². The highest BCUT2D eigenvalue weighted by Gasteiger charge is 2.48. The number of esters is 1. The van der Waals surface area contributed by atoms with E-state index in [0.29, 0.717) is 22.0 Å². The molecule has 2 aromatic rings. The largest absolute Gasteiger partial charge is 0.465 e. The topological polar surface area (TPSA) is 105 Å². The molecular weight excluding hydrogens is 442 g/mol. The SMILES string of the molecule is CCOC(=O)C1(C)CN(C(=O)Nc2ccc(S(C)(=O)=O)cc2)N=C1c1ccc(Cl)cc1. The van der Waals surface area contributed by atoms with Gasteiger partial charge in [-0.05, 0) is 55.8 Å². The van der Waals surface area contributed by atoms with Crippen molar-refractivity contribution in [3.05, 3.63) is 59.1 Å². The van der Waals surface area contributed by atoms with Crippen molar-refractivity contribution in [2.75, 3.05) is 24.7 Å². The number of carbonyl (C=O) groups is 2. The van der Waals surface area contributed by atoms with Crippen molar-refractivity contribution in [2.45, 2.75) is 18.7 Å². The van der Waals surface area contributed by atoms with E-state index in [2.05, 4.69) is 10.4 Å². The zero-order valence-corrected chi connectivity index (χ0v) is 18.8. The maximum atomic E-state index is 12.8. The summed E-state index contributed by atoms with van der Waals surface area (Å²) >= 11 is 5.97. The van der Waals surface area contributed by atoms with Gasteiger partial charge in [-0.15, -0.1) is 0 Å². The smallest absolute Gasteiger partial charge is 0.342 e. The lowest BCUT2D eigenvalue weighted by Crippen LogP contribution is -2.42. The highest BCUT2D eigenvalue weighted by molar-refractivity contribution is 7.90. The molecule has 0 fully saturated rings. The molecule has 1 unspecified atom stereocenters. The van der Waals surface area contributed by atoms with E-state index in [1.807, 2.05) is 0 Å². The summed E-state index contributed by atoms with van der Waals surface area (Å²) in [5, 5.41) is 8.75. The predicted octanol–water partition coefficient (Wildman–Crippen LogP) is 3.56. The van der Waals surface area contributed by atoms with Gasteiger partial charge in [0.25, 0.3) is 0 Å². The van der Waals surface area contributed by atoms with Gasteiger partial charge in [0.15, 0.2) is 9.84 Å². The minimum atomic E-state index is -3.34. The van der Waals surface area contributed by atoms with Gasteiger partial charge in [0.1, 0.15) is 5.41 Å². The number of nitrogens with one attached hydrogen (secondary N) is 1. The van der Waals surface area contributed by atoms with Crippen molar-refractivity contribution in [3.8, 4) is 0 Å². The molecule has 0 bridgehead atoms. The number of nitrogens with zero attached hydrogens (tertiary/aromatic N) is 2. The van der Waals surface area contributed by atoms with Crippen molar-refractivity contribution in [3.63, 3.8) is 0 Å². The Balaban J connectivity index is 1.87. The number of rotatable bonds is 5. The first-order valence-corrected chi connectivity index (χ1v) is 11.7. The van der Waals surface area contributed by atoms with E-state index in [4.69, 9.17) is 16.3 Å². The first kappa shape index (κ1) is 22.8. The summed E-state index contributed by atoms with van der Waals surface area (Å²) in [6.07, 6.45) is 1.11. The van der Waals surface area contributed by atoms with Crippen LogP contribution in [0.25, 0.3) is 0 Å². The lowest BCUT2D eigenvalue weighted by Gasteiger charge is -2.24. The number of ether oxygens (including phenoxy) is 1. The number of sulfone groups is 1. The van der Waals surface area contributed by atoms with Crippen molar-refractivity contribution in [1.29, 1.82) is 0 Å². The number of amides is 2. The molecular formula is C21H22ClN3O5S. The standard InChI is InChI=1S/C21H22ClN3O5S/c1-4-30-19(26)21(2)13-25(24-18(21)14-5-7-15(22)8-6-14)20(27)23-16-9-11-17(12-10-16)31(3,28)29/h5-12H,4,13H2,1-3H3,(H,23,27). The van der Waals surface area contributed by atoms with Gasteiger partial charge in [0.05, 0.1) is 23.8 Å². The molecule has 1 heterocycles. The van der Waals surface area contributed by atoms with Crippen LogP contribution in [-0.2, 0) is 19.4 Å². The average molecular weight is 464 g/mol. The number of hydrazone groups is 1. The molecule has 0 aromatic heterocycles. The highest BCUT2D eigenvalue weighted by Crippen LogP contribution is 2.33. The third-order valence-electron chi connectivity index (χ3n) is 4.82. The Morgan fingerprint density at radius 1 is 1.16 bits per heavy atom. The maximum Gasteiger partial charge on any atom is 0.342 e. The molecule has 0 spiro atoms. The van der Waals surface area contributed by atoms with Gasteiger partial charge in [-0.25, -0.2) is 18.2 Å². The second-order valence-corrected chi connectivity index (χ2v) is 9.74. The summed E-state index contributed by atoms with van der Waals surface area (Å²) < 4.78 is 28.4. The molecule has 1 N–H and O–H groups in total. The maximum absolute atomic E-state index is 12.8. The Bertz CT molecular complexity index is 1130. The van der Waals surface area contributed by atoms with E-state index in [0.717, 1.165) is 11.3 Å². The number of hydrogen-bond acceptors (Lipinski definition) is 6. The number of halogens is 1. The molecule has 31 heavy (non-hydrogen) atoms. The minimum absolute atomic E-state index is 0.0168. The Morgan fingerprint density at radius 3 is 2.32 bits per heavy atom. The van der Waals surface area contributed by atoms with E-state index >= 15 is 0 Å². The van der Waals surface area contributed by atoms with E-state index in [1.165, 1.54) is 24.3 Å². The second-order valence-electron chi connectivity index (χ2n) is 7.29. The Labute approximate surface area is 185 Å². The fraction of sp³-hybridized carbons (Fsp3) is 0.286. The van der Waals surface area contributed by atoms with Crippen LogP contribution in [0.5, 0.6) is 0 Å². The summed E-state index contributed by atoms with van der Waals surface area (Å²) in [7, 11) is -3.34. The zero-order chi connectivity index (χ0) is 22.8. The van der Waals surface area contributed by atoms with Gasteiger partial charge in [-0.3, -0.25) is 4.79 Å². The lowest BCUT2D eigenvalue weighted by atomic mass is 9.82. The van der Waals surface area contributed by atoms with Crippen LogP contribution >= 0.6 is 11.6 Å². The van der Waals surface area contributed by atoms with Gasteiger partial charge < -0.3 is 10.1 Å². The highest BCUT2D eigenvalue weighted by atomic mass is 35.5. The van der Waals surface area contributed by atoms with Gasteiger partial charge >= 0.3 is 12.0 Å². The molecule has 10 heteroatoms. The van der Waals surface area contributed by atoms with Crippen molar-refractivity contribution in [2.24, 2.45) is 10.5 Å². The van der Waals surface area contributed by atoms with Crippen LogP contribution in [0, 0.1) is 5.41 Å². The number of hydrogen-bond donors (Lipinski definition) is 1. The lowest BCUT2D eigenvalue weighted by molar-refractivity contribution is -0.150. The minimum Gasteiger partial charge on any atom is -0.465 e. The molecule has 164 valence electrons. The Morgan fingerprint density at radius 2 is 1.77 bits per heavy atom. The van der Waals surface area contributed by atoms with E-state index < -0.39 is 27.3 Å². The van der Waals surface area contributed by atoms with E-state index in [-0.39, 0.29) is 18.0 Å². The molecule has 0 saturated heterocycles. The van der Waals surface area contributed by atoms with Gasteiger partial charge in [0.2, 0.25) is 0 Å². The van der Waals surface area contributed by atoms with Crippen LogP contribution in [-0.4, -0.2) is 50.5 Å². The third-order valence-corrected chi connectivity index (χ3v) is 6.20. The summed E-state index contributed by atoms with van der Waals surface area (Å²) in [6.45, 7) is 3.56. The molecule has 0 aliphatic carbocycles. The second kappa shape index (κ2) is 8.68. The average Bonchev–Trinajstić information content (AvgIpc) is 3.07. The van der Waals surface area contributed by atoms with Crippen LogP contribution in [0.1, 0.15) is 19.4 Å². The van der Waals surface area contributed by atoms with Gasteiger partial charge in [-0.2, -0.15) is 5.10 Å². The monoisotopic (exact) mass is 463 g/mol. The van der Waals surface area contributed by atoms with Crippen LogP contribution in [0.2, 0.25) is 5.02 Å². The first-order chi connectivity index (χ1) is 14.5. The molecule has 1 atom stereocenters. The summed E-state index contributed by atoms with van der Waals surface area (Å²) in [5.74, 6) is -0.489. The van der Waals surface area contributed by atoms with Crippen LogP contribution in [0.15, 0.2) is 58.5 Å². The molecule has 2 aromatic carbocycles. The molecule has 0 radical (unpaired) electrons. The van der Waals surface area contributed by atoms with Crippen LogP contribution < -0.4 is 5.32 Å². The molecule has 1 aliphatic rings. The fourth-order valence-corrected chi connectivity index (χ4v) is 3.92. The molecule has 0 saturated carbocycles. The summed E-state index contributed by atoms with van der Waals surface area (Å²) in [6, 6.07) is 12.0. The van der Waals surface area contributed by atoms with Crippen LogP contribution in [0.4, 0.5) is 10.5 Å². The van der Waals surface area contributed by atoms with Crippen molar-refractivity contribution < 1.29 is 22.7 Å². The quantitative estimate of drug-likeness (QED) is 0.682. The summed E-state index contributed by atoms with van der Waals surface area (Å²) in [4.78, 5) is 25.7. The van der Waals surface area contributed by atoms with Gasteiger partial charge in [0, 0.05) is 17.0 Å². The van der Waals surface area contributed by atoms with E-state index in [1.54, 1.807) is 38.1 Å². The fourth-order valence-electron chi connectivity index (χ4n) is 3.17. The molecule has 3 rings (SSSR count). The zero-order valence-electron chi connectivity index (χ0n) is 17.3. The number of carbonyl (C=O) groups excluding carboxylic acids is 2.